The first-order chi connectivity index (χ1) is 11.5. The molecule has 6 nitrogen and oxygen atoms in total. The highest BCUT2D eigenvalue weighted by Gasteiger charge is 2.09. The Morgan fingerprint density at radius 3 is 2.33 bits per heavy atom. The largest absolute Gasteiger partial charge is 0.465 e. The predicted octanol–water partition coefficient (Wildman–Crippen LogP) is 3.33. The van der Waals surface area contributed by atoms with Crippen LogP contribution in [0.2, 0.25) is 0 Å². The molecule has 0 aliphatic rings. The van der Waals surface area contributed by atoms with Crippen LogP contribution >= 0.6 is 0 Å². The van der Waals surface area contributed by atoms with E-state index in [1.807, 2.05) is 6.07 Å². The van der Waals surface area contributed by atoms with Gasteiger partial charge in [-0.3, -0.25) is 4.79 Å². The van der Waals surface area contributed by atoms with E-state index in [1.54, 1.807) is 36.5 Å². The summed E-state index contributed by atoms with van der Waals surface area (Å²) in [4.78, 5) is 27.7. The van der Waals surface area contributed by atoms with E-state index in [0.29, 0.717) is 23.0 Å². The molecule has 2 N–H and O–H groups in total. The molecule has 0 bridgehead atoms. The first-order valence-corrected chi connectivity index (χ1v) is 7.75. The number of benzene rings is 1. The normalized spacial score (nSPS) is 11.5. The Hall–Kier alpha value is -2.89. The van der Waals surface area contributed by atoms with Crippen LogP contribution in [0, 0.1) is 0 Å². The minimum Gasteiger partial charge on any atom is -0.465 e. The van der Waals surface area contributed by atoms with Gasteiger partial charge in [-0.2, -0.15) is 0 Å². The summed E-state index contributed by atoms with van der Waals surface area (Å²) < 4.78 is 4.63. The second-order valence-corrected chi connectivity index (χ2v) is 5.41. The molecule has 0 radical (unpaired) electrons. The van der Waals surface area contributed by atoms with Crippen molar-refractivity contribution >= 4 is 23.3 Å². The number of aromatic nitrogens is 1. The van der Waals surface area contributed by atoms with Gasteiger partial charge in [-0.15, -0.1) is 0 Å². The molecule has 1 amide bonds. The average molecular weight is 327 g/mol. The summed E-state index contributed by atoms with van der Waals surface area (Å²) in [6.07, 6.45) is 2.64. The maximum atomic E-state index is 12.2. The summed E-state index contributed by atoms with van der Waals surface area (Å²) in [6.45, 7) is 4.18. The Morgan fingerprint density at radius 2 is 1.79 bits per heavy atom. The number of hydrogen-bond acceptors (Lipinski definition) is 5. The molecule has 0 saturated heterocycles. The van der Waals surface area contributed by atoms with E-state index in [1.165, 1.54) is 7.11 Å². The molecule has 2 aromatic rings. The van der Waals surface area contributed by atoms with Crippen molar-refractivity contribution in [2.24, 2.45) is 0 Å². The lowest BCUT2D eigenvalue weighted by molar-refractivity contribution is 0.0600. The summed E-state index contributed by atoms with van der Waals surface area (Å²) in [5.41, 5.74) is 2.20. The third kappa shape index (κ3) is 4.55. The summed E-state index contributed by atoms with van der Waals surface area (Å²) in [7, 11) is 1.32. The van der Waals surface area contributed by atoms with E-state index in [0.717, 1.165) is 12.1 Å². The predicted molar refractivity (Wildman–Crippen MR) is 93.3 cm³/mol. The van der Waals surface area contributed by atoms with E-state index >= 15 is 0 Å². The van der Waals surface area contributed by atoms with Crippen LogP contribution in [0.25, 0.3) is 0 Å². The molecule has 126 valence electrons. The fourth-order valence-corrected chi connectivity index (χ4v) is 2.00. The van der Waals surface area contributed by atoms with Gasteiger partial charge >= 0.3 is 5.97 Å². The summed E-state index contributed by atoms with van der Waals surface area (Å²) in [5, 5.41) is 6.03. The third-order valence-electron chi connectivity index (χ3n) is 3.59. The molecule has 0 aliphatic carbocycles. The highest BCUT2D eigenvalue weighted by molar-refractivity contribution is 6.03. The summed E-state index contributed by atoms with van der Waals surface area (Å²) in [6, 6.07) is 10.3. The minimum absolute atomic E-state index is 0.309. The van der Waals surface area contributed by atoms with Gasteiger partial charge in [-0.25, -0.2) is 9.78 Å². The molecule has 1 heterocycles. The molecular formula is C18H21N3O3. The van der Waals surface area contributed by atoms with Crippen LogP contribution in [-0.2, 0) is 4.74 Å². The molecule has 1 unspecified atom stereocenters. The van der Waals surface area contributed by atoms with Gasteiger partial charge in [0.15, 0.2) is 0 Å². The zero-order chi connectivity index (χ0) is 17.5. The molecular weight excluding hydrogens is 306 g/mol. The zero-order valence-electron chi connectivity index (χ0n) is 14.0. The lowest BCUT2D eigenvalue weighted by Gasteiger charge is -2.12. The monoisotopic (exact) mass is 327 g/mol. The van der Waals surface area contributed by atoms with Gasteiger partial charge in [0.25, 0.3) is 5.91 Å². The van der Waals surface area contributed by atoms with Crippen molar-refractivity contribution in [3.05, 3.63) is 53.9 Å². The van der Waals surface area contributed by atoms with Crippen molar-refractivity contribution in [3.8, 4) is 0 Å². The van der Waals surface area contributed by atoms with Crippen molar-refractivity contribution < 1.29 is 14.3 Å². The van der Waals surface area contributed by atoms with E-state index < -0.39 is 5.97 Å². The molecule has 6 heteroatoms. The molecule has 24 heavy (non-hydrogen) atoms. The van der Waals surface area contributed by atoms with Crippen LogP contribution in [0.5, 0.6) is 0 Å². The number of amides is 1. The smallest absolute Gasteiger partial charge is 0.337 e. The van der Waals surface area contributed by atoms with Gasteiger partial charge in [-0.05, 0) is 49.7 Å². The average Bonchev–Trinajstić information content (AvgIpc) is 2.62. The Labute approximate surface area is 141 Å². The first kappa shape index (κ1) is 17.5. The van der Waals surface area contributed by atoms with Crippen LogP contribution in [0.4, 0.5) is 11.4 Å². The van der Waals surface area contributed by atoms with Gasteiger partial charge in [0.05, 0.1) is 24.6 Å². The van der Waals surface area contributed by atoms with Crippen LogP contribution in [0.1, 0.15) is 41.1 Å². The summed E-state index contributed by atoms with van der Waals surface area (Å²) >= 11 is 0. The number of pyridine rings is 1. The number of anilines is 2. The van der Waals surface area contributed by atoms with Crippen molar-refractivity contribution in [1.82, 2.24) is 4.98 Å². The molecule has 1 aromatic heterocycles. The number of nitrogens with zero attached hydrogens (tertiary/aromatic N) is 1. The summed E-state index contributed by atoms with van der Waals surface area (Å²) in [5.74, 6) is -0.727. The Balaban J connectivity index is 2.00. The maximum Gasteiger partial charge on any atom is 0.337 e. The number of hydrogen-bond donors (Lipinski definition) is 2. The second kappa shape index (κ2) is 8.10. The lowest BCUT2D eigenvalue weighted by Crippen LogP contribution is -2.16. The Bertz CT molecular complexity index is 696. The molecule has 1 aromatic carbocycles. The van der Waals surface area contributed by atoms with E-state index in [-0.39, 0.29) is 5.91 Å². The van der Waals surface area contributed by atoms with Gasteiger partial charge in [-0.1, -0.05) is 6.92 Å². The molecule has 0 fully saturated rings. The highest BCUT2D eigenvalue weighted by atomic mass is 16.5. The van der Waals surface area contributed by atoms with Crippen LogP contribution in [-0.4, -0.2) is 30.0 Å². The van der Waals surface area contributed by atoms with E-state index in [9.17, 15) is 9.59 Å². The number of ether oxygens (including phenoxy) is 1. The number of rotatable bonds is 6. The van der Waals surface area contributed by atoms with E-state index in [2.05, 4.69) is 34.2 Å². The van der Waals surface area contributed by atoms with Gasteiger partial charge in [0.1, 0.15) is 5.69 Å². The highest BCUT2D eigenvalue weighted by Crippen LogP contribution is 2.13. The number of carbonyl (C=O) groups is 2. The number of nitrogens with one attached hydrogen (secondary N) is 2. The SMILES string of the molecule is CCC(C)Nc1ccc(C(=O)Nc2ccc(C(=O)OC)cc2)nc1. The molecule has 1 atom stereocenters. The molecule has 0 saturated carbocycles. The van der Waals surface area contributed by atoms with Gasteiger partial charge in [0.2, 0.25) is 0 Å². The standard InChI is InChI=1S/C18H21N3O3/c1-4-12(2)20-15-9-10-16(19-11-15)17(22)21-14-7-5-13(6-8-14)18(23)24-3/h5-12,20H,4H2,1-3H3,(H,21,22). The van der Waals surface area contributed by atoms with Crippen LogP contribution in [0.15, 0.2) is 42.6 Å². The van der Waals surface area contributed by atoms with Crippen LogP contribution < -0.4 is 10.6 Å². The van der Waals surface area contributed by atoms with Crippen molar-refractivity contribution in [1.29, 1.82) is 0 Å². The first-order valence-electron chi connectivity index (χ1n) is 7.75. The molecule has 2 rings (SSSR count). The topological polar surface area (TPSA) is 80.3 Å². The van der Waals surface area contributed by atoms with Crippen LogP contribution in [0.3, 0.4) is 0 Å². The van der Waals surface area contributed by atoms with E-state index in [4.69, 9.17) is 0 Å². The fourth-order valence-electron chi connectivity index (χ4n) is 2.00. The number of esters is 1. The van der Waals surface area contributed by atoms with Crippen molar-refractivity contribution in [2.75, 3.05) is 17.7 Å². The Kier molecular flexibility index (Phi) is 5.89. The zero-order valence-corrected chi connectivity index (χ0v) is 14.0. The second-order valence-electron chi connectivity index (χ2n) is 5.41. The third-order valence-corrected chi connectivity index (χ3v) is 3.59. The number of methoxy groups -OCH3 is 1. The fraction of sp³-hybridized carbons (Fsp3) is 0.278. The van der Waals surface area contributed by atoms with Crippen molar-refractivity contribution in [3.63, 3.8) is 0 Å². The number of carbonyl (C=O) groups excluding carboxylic acids is 2. The van der Waals surface area contributed by atoms with Gasteiger partial charge < -0.3 is 15.4 Å². The lowest BCUT2D eigenvalue weighted by atomic mass is 10.2. The minimum atomic E-state index is -0.418. The Morgan fingerprint density at radius 1 is 1.12 bits per heavy atom. The maximum absolute atomic E-state index is 12.2. The van der Waals surface area contributed by atoms with Crippen molar-refractivity contribution in [2.45, 2.75) is 26.3 Å². The molecule has 0 aliphatic heterocycles. The molecule has 0 spiro atoms. The quantitative estimate of drug-likeness (QED) is 0.796. The van der Waals surface area contributed by atoms with Gasteiger partial charge in [0, 0.05) is 11.7 Å².